The van der Waals surface area contributed by atoms with Crippen molar-refractivity contribution in [3.8, 4) is 0 Å². The summed E-state index contributed by atoms with van der Waals surface area (Å²) in [5.74, 6) is 0.787. The first-order chi connectivity index (χ1) is 8.31. The first kappa shape index (κ1) is 12.9. The van der Waals surface area contributed by atoms with Gasteiger partial charge in [-0.3, -0.25) is 4.90 Å². The van der Waals surface area contributed by atoms with Crippen molar-refractivity contribution in [3.05, 3.63) is 35.4 Å². The second-order valence-corrected chi connectivity index (χ2v) is 5.40. The molecular weight excluding hydrogens is 230 g/mol. The number of aryl methyl sites for hydroxylation is 1. The van der Waals surface area contributed by atoms with E-state index in [0.29, 0.717) is 6.04 Å². The summed E-state index contributed by atoms with van der Waals surface area (Å²) in [7, 11) is 0. The van der Waals surface area contributed by atoms with Gasteiger partial charge >= 0.3 is 0 Å². The molecule has 17 heavy (non-hydrogen) atoms. The van der Waals surface area contributed by atoms with Crippen molar-refractivity contribution < 1.29 is 0 Å². The van der Waals surface area contributed by atoms with Gasteiger partial charge in [-0.25, -0.2) is 0 Å². The molecule has 1 unspecified atom stereocenters. The highest BCUT2D eigenvalue weighted by Gasteiger charge is 2.21. The molecule has 1 nitrogen and oxygen atoms in total. The minimum Gasteiger partial charge on any atom is -0.296 e. The van der Waals surface area contributed by atoms with Gasteiger partial charge in [-0.05, 0) is 43.9 Å². The third-order valence-electron chi connectivity index (χ3n) is 3.83. The molecule has 1 aliphatic heterocycles. The Morgan fingerprint density at radius 1 is 1.29 bits per heavy atom. The molecule has 0 spiro atoms. The van der Waals surface area contributed by atoms with Crippen LogP contribution in [-0.2, 0) is 6.54 Å². The van der Waals surface area contributed by atoms with Gasteiger partial charge in [0.05, 0.1) is 0 Å². The van der Waals surface area contributed by atoms with E-state index >= 15 is 0 Å². The minimum absolute atomic E-state index is 0.695. The Morgan fingerprint density at radius 3 is 2.88 bits per heavy atom. The van der Waals surface area contributed by atoms with Crippen molar-refractivity contribution in [2.45, 2.75) is 45.2 Å². The standard InChI is InChI=1S/C15H22ClN/c1-13-6-2-3-7-14(13)12-17-11-5-4-8-15(17)9-10-16/h2-3,6-7,15H,4-5,8-12H2,1H3. The van der Waals surface area contributed by atoms with Crippen LogP contribution in [0.1, 0.15) is 36.8 Å². The Kier molecular flexibility index (Phi) is 4.87. The maximum Gasteiger partial charge on any atom is 0.0239 e. The van der Waals surface area contributed by atoms with E-state index in [1.54, 1.807) is 0 Å². The monoisotopic (exact) mass is 251 g/mol. The smallest absolute Gasteiger partial charge is 0.0239 e. The van der Waals surface area contributed by atoms with Gasteiger partial charge in [0.1, 0.15) is 0 Å². The fraction of sp³-hybridized carbons (Fsp3) is 0.600. The largest absolute Gasteiger partial charge is 0.296 e. The van der Waals surface area contributed by atoms with Crippen molar-refractivity contribution in [1.29, 1.82) is 0 Å². The number of halogens is 1. The number of alkyl halides is 1. The molecule has 0 bridgehead atoms. The summed E-state index contributed by atoms with van der Waals surface area (Å²) in [6.45, 7) is 4.53. The molecule has 1 aliphatic rings. The van der Waals surface area contributed by atoms with Gasteiger partial charge in [-0.2, -0.15) is 0 Å². The second kappa shape index (κ2) is 6.42. The zero-order valence-electron chi connectivity index (χ0n) is 10.7. The van der Waals surface area contributed by atoms with Gasteiger partial charge < -0.3 is 0 Å². The molecule has 1 saturated heterocycles. The molecule has 1 aromatic carbocycles. The van der Waals surface area contributed by atoms with Crippen molar-refractivity contribution in [1.82, 2.24) is 4.90 Å². The van der Waals surface area contributed by atoms with Gasteiger partial charge in [-0.15, -0.1) is 11.6 Å². The van der Waals surface area contributed by atoms with E-state index in [1.807, 2.05) is 0 Å². The van der Waals surface area contributed by atoms with E-state index in [2.05, 4.69) is 36.1 Å². The number of rotatable bonds is 4. The highest BCUT2D eigenvalue weighted by molar-refractivity contribution is 6.17. The highest BCUT2D eigenvalue weighted by atomic mass is 35.5. The third-order valence-corrected chi connectivity index (χ3v) is 4.04. The van der Waals surface area contributed by atoms with Crippen LogP contribution in [0.4, 0.5) is 0 Å². The molecule has 2 heteroatoms. The molecule has 1 heterocycles. The molecule has 1 atom stereocenters. The predicted molar refractivity (Wildman–Crippen MR) is 74.6 cm³/mol. The van der Waals surface area contributed by atoms with Crippen LogP contribution in [-0.4, -0.2) is 23.4 Å². The Bertz CT molecular complexity index is 349. The van der Waals surface area contributed by atoms with Gasteiger partial charge in [0.2, 0.25) is 0 Å². The fourth-order valence-corrected chi connectivity index (χ4v) is 2.98. The van der Waals surface area contributed by atoms with Crippen molar-refractivity contribution in [2.24, 2.45) is 0 Å². The maximum atomic E-state index is 5.91. The van der Waals surface area contributed by atoms with E-state index < -0.39 is 0 Å². The van der Waals surface area contributed by atoms with Crippen LogP contribution in [0.15, 0.2) is 24.3 Å². The van der Waals surface area contributed by atoms with Gasteiger partial charge in [-0.1, -0.05) is 30.7 Å². The van der Waals surface area contributed by atoms with Crippen LogP contribution >= 0.6 is 11.6 Å². The van der Waals surface area contributed by atoms with Crippen molar-refractivity contribution >= 4 is 11.6 Å². The molecule has 0 saturated carbocycles. The molecule has 0 N–H and O–H groups in total. The summed E-state index contributed by atoms with van der Waals surface area (Å²) in [5.41, 5.74) is 2.87. The molecule has 0 amide bonds. The molecule has 0 radical (unpaired) electrons. The van der Waals surface area contributed by atoms with E-state index in [0.717, 1.165) is 18.8 Å². The van der Waals surface area contributed by atoms with Crippen LogP contribution < -0.4 is 0 Å². The maximum absolute atomic E-state index is 5.91. The zero-order chi connectivity index (χ0) is 12.1. The molecule has 0 aliphatic carbocycles. The molecule has 2 rings (SSSR count). The summed E-state index contributed by atoms with van der Waals surface area (Å²) in [5, 5.41) is 0. The summed E-state index contributed by atoms with van der Waals surface area (Å²) in [6.07, 6.45) is 5.16. The first-order valence-electron chi connectivity index (χ1n) is 6.66. The minimum atomic E-state index is 0.695. The molecule has 0 aromatic heterocycles. The van der Waals surface area contributed by atoms with Crippen LogP contribution in [0, 0.1) is 6.92 Å². The molecule has 1 aromatic rings. The summed E-state index contributed by atoms with van der Waals surface area (Å²) in [4.78, 5) is 2.62. The van der Waals surface area contributed by atoms with Crippen LogP contribution in [0.3, 0.4) is 0 Å². The number of nitrogens with zero attached hydrogens (tertiary/aromatic N) is 1. The van der Waals surface area contributed by atoms with Crippen LogP contribution in [0.2, 0.25) is 0 Å². The lowest BCUT2D eigenvalue weighted by Gasteiger charge is -2.35. The lowest BCUT2D eigenvalue weighted by Crippen LogP contribution is -2.39. The van der Waals surface area contributed by atoms with E-state index in [1.165, 1.54) is 36.9 Å². The van der Waals surface area contributed by atoms with Crippen LogP contribution in [0.25, 0.3) is 0 Å². The fourth-order valence-electron chi connectivity index (χ4n) is 2.73. The number of piperidine rings is 1. The van der Waals surface area contributed by atoms with Gasteiger partial charge in [0.15, 0.2) is 0 Å². The number of hydrogen-bond donors (Lipinski definition) is 0. The van der Waals surface area contributed by atoms with Gasteiger partial charge in [0.25, 0.3) is 0 Å². The summed E-state index contributed by atoms with van der Waals surface area (Å²) in [6, 6.07) is 9.41. The average Bonchev–Trinajstić information content (AvgIpc) is 2.35. The topological polar surface area (TPSA) is 3.24 Å². The Morgan fingerprint density at radius 2 is 2.12 bits per heavy atom. The number of likely N-dealkylation sites (tertiary alicyclic amines) is 1. The van der Waals surface area contributed by atoms with E-state index in [9.17, 15) is 0 Å². The Hall–Kier alpha value is -0.530. The Balaban J connectivity index is 2.03. The average molecular weight is 252 g/mol. The predicted octanol–water partition coefficient (Wildman–Crippen LogP) is 3.98. The van der Waals surface area contributed by atoms with Crippen molar-refractivity contribution in [2.75, 3.05) is 12.4 Å². The normalized spacial score (nSPS) is 21.6. The Labute approximate surface area is 110 Å². The number of benzene rings is 1. The quantitative estimate of drug-likeness (QED) is 0.732. The van der Waals surface area contributed by atoms with E-state index in [-0.39, 0.29) is 0 Å². The van der Waals surface area contributed by atoms with Gasteiger partial charge in [0, 0.05) is 18.5 Å². The van der Waals surface area contributed by atoms with Crippen molar-refractivity contribution in [3.63, 3.8) is 0 Å². The SMILES string of the molecule is Cc1ccccc1CN1CCCCC1CCCl. The highest BCUT2D eigenvalue weighted by Crippen LogP contribution is 2.23. The second-order valence-electron chi connectivity index (χ2n) is 5.02. The first-order valence-corrected chi connectivity index (χ1v) is 7.19. The lowest BCUT2D eigenvalue weighted by atomic mass is 9.98. The molecule has 1 fully saturated rings. The molecular formula is C15H22ClN. The van der Waals surface area contributed by atoms with E-state index in [4.69, 9.17) is 11.6 Å². The third kappa shape index (κ3) is 3.46. The summed E-state index contributed by atoms with van der Waals surface area (Å²) >= 11 is 5.91. The van der Waals surface area contributed by atoms with Crippen LogP contribution in [0.5, 0.6) is 0 Å². The molecule has 94 valence electrons. The lowest BCUT2D eigenvalue weighted by molar-refractivity contribution is 0.136. The summed E-state index contributed by atoms with van der Waals surface area (Å²) < 4.78 is 0. The number of hydrogen-bond acceptors (Lipinski definition) is 1. The zero-order valence-corrected chi connectivity index (χ0v) is 11.4.